The van der Waals surface area contributed by atoms with E-state index >= 15 is 0 Å². The Hall–Kier alpha value is -1.50. The van der Waals surface area contributed by atoms with Crippen molar-refractivity contribution in [3.05, 3.63) is 22.1 Å². The number of amidine groups is 1. The number of oxime groups is 1. The van der Waals surface area contributed by atoms with Crippen LogP contribution >= 0.6 is 11.8 Å². The van der Waals surface area contributed by atoms with Gasteiger partial charge in [0.25, 0.3) is 5.56 Å². The maximum atomic E-state index is 11.1. The summed E-state index contributed by atoms with van der Waals surface area (Å²) in [7, 11) is 0. The van der Waals surface area contributed by atoms with Crippen molar-refractivity contribution in [3.8, 4) is 0 Å². The van der Waals surface area contributed by atoms with E-state index in [1.165, 1.54) is 17.8 Å². The molecule has 1 aromatic heterocycles. The number of hydrogen-bond donors (Lipinski definition) is 3. The van der Waals surface area contributed by atoms with Crippen LogP contribution in [0.1, 0.15) is 12.6 Å². The number of nitrogens with one attached hydrogen (secondary N) is 1. The van der Waals surface area contributed by atoms with Crippen LogP contribution < -0.4 is 11.3 Å². The van der Waals surface area contributed by atoms with Gasteiger partial charge in [-0.25, -0.2) is 4.98 Å². The Kier molecular flexibility index (Phi) is 3.73. The van der Waals surface area contributed by atoms with Crippen LogP contribution in [0.3, 0.4) is 0 Å². The summed E-state index contributed by atoms with van der Waals surface area (Å²) in [5.74, 6) is 0.0872. The van der Waals surface area contributed by atoms with E-state index in [1.54, 1.807) is 13.8 Å². The SMILES string of the molecule is Cc1cc(=O)[nH]c(SC(C)C(N)=NO)n1. The van der Waals surface area contributed by atoms with Crippen LogP contribution in [0.4, 0.5) is 0 Å². The molecular formula is C8H12N4O2S. The summed E-state index contributed by atoms with van der Waals surface area (Å²) in [5, 5.41) is 11.5. The second kappa shape index (κ2) is 4.83. The van der Waals surface area contributed by atoms with Gasteiger partial charge in [-0.2, -0.15) is 0 Å². The van der Waals surface area contributed by atoms with E-state index in [2.05, 4.69) is 15.1 Å². The number of H-pyrrole nitrogens is 1. The van der Waals surface area contributed by atoms with E-state index in [-0.39, 0.29) is 16.6 Å². The Balaban J connectivity index is 2.85. The first-order chi connectivity index (χ1) is 7.02. The van der Waals surface area contributed by atoms with E-state index in [0.717, 1.165) is 0 Å². The largest absolute Gasteiger partial charge is 0.409 e. The molecule has 0 aliphatic heterocycles. The Morgan fingerprint density at radius 3 is 3.00 bits per heavy atom. The minimum absolute atomic E-state index is 0.0872. The fourth-order valence-corrected chi connectivity index (χ4v) is 1.78. The minimum Gasteiger partial charge on any atom is -0.409 e. The lowest BCUT2D eigenvalue weighted by Crippen LogP contribution is -2.24. The minimum atomic E-state index is -0.250. The average Bonchev–Trinajstić information content (AvgIpc) is 2.14. The molecule has 0 radical (unpaired) electrons. The standard InChI is InChI=1S/C8H12N4O2S/c1-4-3-6(13)11-8(10-4)15-5(2)7(9)12-14/h3,5,14H,1-2H3,(H2,9,12)(H,10,11,13). The van der Waals surface area contributed by atoms with Gasteiger partial charge in [-0.1, -0.05) is 16.9 Å². The molecule has 15 heavy (non-hydrogen) atoms. The molecule has 0 saturated heterocycles. The van der Waals surface area contributed by atoms with Gasteiger partial charge in [-0.3, -0.25) is 4.79 Å². The number of aryl methyl sites for hydroxylation is 1. The molecule has 0 fully saturated rings. The molecule has 1 aromatic rings. The topological polar surface area (TPSA) is 104 Å². The highest BCUT2D eigenvalue weighted by molar-refractivity contribution is 8.00. The van der Waals surface area contributed by atoms with Gasteiger partial charge in [0.15, 0.2) is 11.0 Å². The van der Waals surface area contributed by atoms with Crippen LogP contribution in [0.2, 0.25) is 0 Å². The number of nitrogens with zero attached hydrogens (tertiary/aromatic N) is 2. The molecule has 1 unspecified atom stereocenters. The highest BCUT2D eigenvalue weighted by atomic mass is 32.2. The normalized spacial score (nSPS) is 13.9. The van der Waals surface area contributed by atoms with E-state index in [0.29, 0.717) is 10.9 Å². The lowest BCUT2D eigenvalue weighted by Gasteiger charge is -2.07. The van der Waals surface area contributed by atoms with Crippen LogP contribution in [0.25, 0.3) is 0 Å². The fourth-order valence-electron chi connectivity index (χ4n) is 0.917. The molecule has 1 atom stereocenters. The third kappa shape index (κ3) is 3.28. The zero-order valence-corrected chi connectivity index (χ0v) is 9.21. The molecule has 0 aliphatic carbocycles. The van der Waals surface area contributed by atoms with Crippen LogP contribution in [-0.2, 0) is 0 Å². The third-order valence-corrected chi connectivity index (χ3v) is 2.68. The van der Waals surface area contributed by atoms with Crippen LogP contribution in [-0.4, -0.2) is 26.3 Å². The number of aromatic nitrogens is 2. The van der Waals surface area contributed by atoms with E-state index in [1.807, 2.05) is 0 Å². The highest BCUT2D eigenvalue weighted by Crippen LogP contribution is 2.17. The summed E-state index contributed by atoms with van der Waals surface area (Å²) < 4.78 is 0. The van der Waals surface area contributed by atoms with Crippen LogP contribution in [0.5, 0.6) is 0 Å². The Labute approximate surface area is 90.6 Å². The van der Waals surface area contributed by atoms with Gasteiger partial charge in [0, 0.05) is 11.8 Å². The monoisotopic (exact) mass is 228 g/mol. The number of rotatable bonds is 3. The van der Waals surface area contributed by atoms with Crippen molar-refractivity contribution in [2.75, 3.05) is 0 Å². The molecule has 0 aliphatic rings. The zero-order chi connectivity index (χ0) is 11.4. The number of hydrogen-bond acceptors (Lipinski definition) is 5. The summed E-state index contributed by atoms with van der Waals surface area (Å²) in [6, 6.07) is 1.40. The van der Waals surface area contributed by atoms with Gasteiger partial charge in [0.2, 0.25) is 0 Å². The molecule has 4 N–H and O–H groups in total. The van der Waals surface area contributed by atoms with Gasteiger partial charge in [0.05, 0.1) is 5.25 Å². The van der Waals surface area contributed by atoms with Gasteiger partial charge >= 0.3 is 0 Å². The van der Waals surface area contributed by atoms with E-state index in [9.17, 15) is 4.79 Å². The quantitative estimate of drug-likeness (QED) is 0.172. The van der Waals surface area contributed by atoms with Crippen molar-refractivity contribution in [1.82, 2.24) is 9.97 Å². The van der Waals surface area contributed by atoms with Crippen molar-refractivity contribution in [2.45, 2.75) is 24.3 Å². The number of aromatic amines is 1. The fraction of sp³-hybridized carbons (Fsp3) is 0.375. The van der Waals surface area contributed by atoms with Crippen LogP contribution in [0.15, 0.2) is 21.2 Å². The molecule has 7 heteroatoms. The van der Waals surface area contributed by atoms with Crippen molar-refractivity contribution in [2.24, 2.45) is 10.9 Å². The molecule has 6 nitrogen and oxygen atoms in total. The molecule has 0 bridgehead atoms. The van der Waals surface area contributed by atoms with E-state index in [4.69, 9.17) is 10.9 Å². The van der Waals surface area contributed by atoms with Crippen LogP contribution in [0, 0.1) is 6.92 Å². The second-order valence-corrected chi connectivity index (χ2v) is 4.31. The smallest absolute Gasteiger partial charge is 0.251 e. The van der Waals surface area contributed by atoms with Gasteiger partial charge in [0.1, 0.15) is 0 Å². The van der Waals surface area contributed by atoms with Crippen molar-refractivity contribution < 1.29 is 5.21 Å². The molecule has 1 heterocycles. The predicted molar refractivity (Wildman–Crippen MR) is 58.3 cm³/mol. The first kappa shape index (κ1) is 11.6. The Morgan fingerprint density at radius 2 is 2.47 bits per heavy atom. The van der Waals surface area contributed by atoms with Crippen molar-refractivity contribution in [3.63, 3.8) is 0 Å². The average molecular weight is 228 g/mol. The van der Waals surface area contributed by atoms with Gasteiger partial charge in [-0.05, 0) is 13.8 Å². The summed E-state index contributed by atoms with van der Waals surface area (Å²) in [6.45, 7) is 3.48. The summed E-state index contributed by atoms with van der Waals surface area (Å²) in [5.41, 5.74) is 5.82. The molecule has 0 saturated carbocycles. The van der Waals surface area contributed by atoms with Gasteiger partial charge < -0.3 is 15.9 Å². The lowest BCUT2D eigenvalue weighted by atomic mass is 10.4. The molecular weight excluding hydrogens is 216 g/mol. The molecule has 1 rings (SSSR count). The maximum absolute atomic E-state index is 11.1. The molecule has 0 spiro atoms. The van der Waals surface area contributed by atoms with Crippen molar-refractivity contribution >= 4 is 17.6 Å². The number of thioether (sulfide) groups is 1. The second-order valence-electron chi connectivity index (χ2n) is 2.98. The summed E-state index contributed by atoms with van der Waals surface area (Å²) in [4.78, 5) is 17.8. The highest BCUT2D eigenvalue weighted by Gasteiger charge is 2.11. The Bertz CT molecular complexity index is 429. The van der Waals surface area contributed by atoms with Crippen molar-refractivity contribution in [1.29, 1.82) is 0 Å². The maximum Gasteiger partial charge on any atom is 0.251 e. The van der Waals surface area contributed by atoms with Gasteiger partial charge in [-0.15, -0.1) is 0 Å². The third-order valence-electron chi connectivity index (χ3n) is 1.67. The van der Waals surface area contributed by atoms with E-state index < -0.39 is 0 Å². The first-order valence-corrected chi connectivity index (χ1v) is 5.13. The Morgan fingerprint density at radius 1 is 1.80 bits per heavy atom. The molecule has 82 valence electrons. The lowest BCUT2D eigenvalue weighted by molar-refractivity contribution is 0.317. The number of nitrogens with two attached hydrogens (primary N) is 1. The summed E-state index contributed by atoms with van der Waals surface area (Å²) >= 11 is 1.22. The zero-order valence-electron chi connectivity index (χ0n) is 8.39. The predicted octanol–water partition coefficient (Wildman–Crippen LogP) is 0.305. The molecule has 0 amide bonds. The first-order valence-electron chi connectivity index (χ1n) is 4.25. The summed E-state index contributed by atoms with van der Waals surface area (Å²) in [6.07, 6.45) is 0. The molecule has 0 aromatic carbocycles.